The Hall–Kier alpha value is -2.18. The Labute approximate surface area is 149 Å². The van der Waals surface area contributed by atoms with Gasteiger partial charge in [-0.15, -0.1) is 11.8 Å². The van der Waals surface area contributed by atoms with E-state index in [1.54, 1.807) is 30.3 Å². The van der Waals surface area contributed by atoms with Gasteiger partial charge in [0.1, 0.15) is 5.75 Å². The van der Waals surface area contributed by atoms with E-state index in [1.807, 2.05) is 12.1 Å². The predicted molar refractivity (Wildman–Crippen MR) is 98.1 cm³/mol. The number of methoxy groups -OCH3 is 1. The lowest BCUT2D eigenvalue weighted by molar-refractivity contribution is -0.114. The van der Waals surface area contributed by atoms with Crippen molar-refractivity contribution in [3.8, 4) is 5.75 Å². The fourth-order valence-corrected chi connectivity index (χ4v) is 2.77. The van der Waals surface area contributed by atoms with Gasteiger partial charge in [0, 0.05) is 22.5 Å². The van der Waals surface area contributed by atoms with Crippen LogP contribution in [0.15, 0.2) is 47.4 Å². The Morgan fingerprint density at radius 3 is 2.46 bits per heavy atom. The summed E-state index contributed by atoms with van der Waals surface area (Å²) in [5.74, 6) is 0.436. The Kier molecular flexibility index (Phi) is 6.52. The molecule has 2 N–H and O–H groups in total. The maximum atomic E-state index is 12.1. The maximum absolute atomic E-state index is 12.1. The van der Waals surface area contributed by atoms with Gasteiger partial charge in [0.2, 0.25) is 11.8 Å². The lowest BCUT2D eigenvalue weighted by atomic mass is 10.2. The van der Waals surface area contributed by atoms with Gasteiger partial charge in [-0.25, -0.2) is 0 Å². The van der Waals surface area contributed by atoms with Gasteiger partial charge >= 0.3 is 0 Å². The van der Waals surface area contributed by atoms with Crippen molar-refractivity contribution in [3.63, 3.8) is 0 Å². The van der Waals surface area contributed by atoms with Crippen LogP contribution in [0.5, 0.6) is 5.75 Å². The van der Waals surface area contributed by atoms with E-state index in [0.717, 1.165) is 4.90 Å². The minimum atomic E-state index is -0.213. The van der Waals surface area contributed by atoms with E-state index in [1.165, 1.54) is 25.8 Å². The zero-order valence-electron chi connectivity index (χ0n) is 13.3. The largest absolute Gasteiger partial charge is 0.495 e. The van der Waals surface area contributed by atoms with Crippen LogP contribution < -0.4 is 15.4 Å². The molecule has 2 aromatic carbocycles. The maximum Gasteiger partial charge on any atom is 0.234 e. The molecule has 0 bridgehead atoms. The van der Waals surface area contributed by atoms with Gasteiger partial charge < -0.3 is 15.4 Å². The average Bonchev–Trinajstić information content (AvgIpc) is 2.54. The minimum Gasteiger partial charge on any atom is -0.495 e. The van der Waals surface area contributed by atoms with Crippen LogP contribution in [-0.4, -0.2) is 24.7 Å². The van der Waals surface area contributed by atoms with E-state index >= 15 is 0 Å². The second-order valence-corrected chi connectivity index (χ2v) is 6.37. The van der Waals surface area contributed by atoms with Crippen molar-refractivity contribution in [1.82, 2.24) is 0 Å². The molecule has 0 aliphatic carbocycles. The van der Waals surface area contributed by atoms with Gasteiger partial charge in [-0.2, -0.15) is 0 Å². The molecule has 0 saturated heterocycles. The first-order valence-electron chi connectivity index (χ1n) is 7.12. The van der Waals surface area contributed by atoms with E-state index in [-0.39, 0.29) is 17.6 Å². The molecule has 5 nitrogen and oxygen atoms in total. The lowest BCUT2D eigenvalue weighted by Crippen LogP contribution is -2.14. The number of hydrogen-bond donors (Lipinski definition) is 2. The molecule has 0 radical (unpaired) electrons. The number of halogens is 1. The third-order valence-electron chi connectivity index (χ3n) is 2.98. The molecule has 0 aromatic heterocycles. The number of hydrogen-bond acceptors (Lipinski definition) is 4. The second kappa shape index (κ2) is 8.61. The molecule has 0 spiro atoms. The first-order valence-corrected chi connectivity index (χ1v) is 8.48. The van der Waals surface area contributed by atoms with Gasteiger partial charge in [-0.3, -0.25) is 9.59 Å². The topological polar surface area (TPSA) is 67.4 Å². The molecule has 2 aromatic rings. The zero-order chi connectivity index (χ0) is 17.5. The molecule has 2 amide bonds. The second-order valence-electron chi connectivity index (χ2n) is 4.89. The quantitative estimate of drug-likeness (QED) is 0.759. The summed E-state index contributed by atoms with van der Waals surface area (Å²) in [4.78, 5) is 24.3. The van der Waals surface area contributed by atoms with Crippen LogP contribution in [0.25, 0.3) is 0 Å². The summed E-state index contributed by atoms with van der Waals surface area (Å²) in [6, 6.07) is 12.4. The van der Waals surface area contributed by atoms with E-state index in [2.05, 4.69) is 10.6 Å². The summed E-state index contributed by atoms with van der Waals surface area (Å²) < 4.78 is 5.18. The molecule has 126 valence electrons. The summed E-state index contributed by atoms with van der Waals surface area (Å²) in [5, 5.41) is 6.12. The molecule has 0 aliphatic heterocycles. The normalized spacial score (nSPS) is 10.1. The molecule has 7 heteroatoms. The van der Waals surface area contributed by atoms with Crippen LogP contribution in [0.1, 0.15) is 6.92 Å². The first kappa shape index (κ1) is 18.2. The monoisotopic (exact) mass is 364 g/mol. The molecular formula is C17H17ClN2O3S. The standard InChI is InChI=1S/C17H17ClN2O3S/c1-11(21)19-15-9-13(5-8-16(15)23-2)20-17(22)10-24-14-6-3-12(18)4-7-14/h3-9H,10H2,1-2H3,(H,19,21)(H,20,22). The third-order valence-corrected chi connectivity index (χ3v) is 4.24. The number of anilines is 2. The summed E-state index contributed by atoms with van der Waals surface area (Å²) in [6.45, 7) is 1.41. The van der Waals surface area contributed by atoms with Crippen molar-refractivity contribution in [1.29, 1.82) is 0 Å². The number of thioether (sulfide) groups is 1. The lowest BCUT2D eigenvalue weighted by Gasteiger charge is -2.12. The number of rotatable bonds is 6. The molecule has 0 fully saturated rings. The third kappa shape index (κ3) is 5.47. The average molecular weight is 365 g/mol. The van der Waals surface area contributed by atoms with Crippen LogP contribution in [0.4, 0.5) is 11.4 Å². The van der Waals surface area contributed by atoms with E-state index in [9.17, 15) is 9.59 Å². The Morgan fingerprint density at radius 1 is 1.12 bits per heavy atom. The van der Waals surface area contributed by atoms with Gasteiger partial charge in [-0.05, 0) is 42.5 Å². The van der Waals surface area contributed by atoms with Crippen molar-refractivity contribution in [2.24, 2.45) is 0 Å². The number of carbonyl (C=O) groups is 2. The van der Waals surface area contributed by atoms with E-state index in [0.29, 0.717) is 22.1 Å². The first-order chi connectivity index (χ1) is 11.5. The van der Waals surface area contributed by atoms with Gasteiger partial charge in [0.05, 0.1) is 18.6 Å². The van der Waals surface area contributed by atoms with Gasteiger partial charge in [-0.1, -0.05) is 11.6 Å². The Morgan fingerprint density at radius 2 is 1.83 bits per heavy atom. The highest BCUT2D eigenvalue weighted by molar-refractivity contribution is 8.00. The summed E-state index contributed by atoms with van der Waals surface area (Å²) in [7, 11) is 1.52. The highest BCUT2D eigenvalue weighted by atomic mass is 35.5. The molecular weight excluding hydrogens is 348 g/mol. The SMILES string of the molecule is COc1ccc(NC(=O)CSc2ccc(Cl)cc2)cc1NC(C)=O. The number of benzene rings is 2. The van der Waals surface area contributed by atoms with Crippen LogP contribution in [-0.2, 0) is 9.59 Å². The number of ether oxygens (including phenoxy) is 1. The van der Waals surface area contributed by atoms with E-state index in [4.69, 9.17) is 16.3 Å². The zero-order valence-corrected chi connectivity index (χ0v) is 14.8. The van der Waals surface area contributed by atoms with Crippen molar-refractivity contribution in [2.75, 3.05) is 23.5 Å². The van der Waals surface area contributed by atoms with Gasteiger partial charge in [0.25, 0.3) is 0 Å². The van der Waals surface area contributed by atoms with Crippen molar-refractivity contribution in [3.05, 3.63) is 47.5 Å². The molecule has 2 rings (SSSR count). The van der Waals surface area contributed by atoms with Crippen LogP contribution in [0, 0.1) is 0 Å². The Balaban J connectivity index is 1.97. The number of carbonyl (C=O) groups excluding carboxylic acids is 2. The molecule has 0 atom stereocenters. The van der Waals surface area contributed by atoms with Crippen LogP contribution in [0.2, 0.25) is 5.02 Å². The summed E-state index contributed by atoms with van der Waals surface area (Å²) in [5.41, 5.74) is 1.09. The molecule has 0 aliphatic rings. The fourth-order valence-electron chi connectivity index (χ4n) is 1.95. The molecule has 0 unspecified atom stereocenters. The smallest absolute Gasteiger partial charge is 0.234 e. The van der Waals surface area contributed by atoms with Crippen molar-refractivity contribution < 1.29 is 14.3 Å². The fraction of sp³-hybridized carbons (Fsp3) is 0.176. The highest BCUT2D eigenvalue weighted by Gasteiger charge is 2.09. The van der Waals surface area contributed by atoms with Crippen molar-refractivity contribution in [2.45, 2.75) is 11.8 Å². The van der Waals surface area contributed by atoms with Crippen LogP contribution in [0.3, 0.4) is 0 Å². The molecule has 0 saturated carbocycles. The van der Waals surface area contributed by atoms with Crippen LogP contribution >= 0.6 is 23.4 Å². The number of amides is 2. The van der Waals surface area contributed by atoms with Crippen molar-refractivity contribution >= 4 is 46.6 Å². The summed E-state index contributed by atoms with van der Waals surface area (Å²) in [6.07, 6.45) is 0. The van der Waals surface area contributed by atoms with Gasteiger partial charge in [0.15, 0.2) is 0 Å². The Bertz CT molecular complexity index is 735. The predicted octanol–water partition coefficient (Wildman–Crippen LogP) is 4.04. The highest BCUT2D eigenvalue weighted by Crippen LogP contribution is 2.28. The minimum absolute atomic E-state index is 0.145. The van der Waals surface area contributed by atoms with E-state index < -0.39 is 0 Å². The number of nitrogens with one attached hydrogen (secondary N) is 2. The molecule has 0 heterocycles. The molecule has 24 heavy (non-hydrogen) atoms. The summed E-state index contributed by atoms with van der Waals surface area (Å²) >= 11 is 7.24.